The zero-order valence-corrected chi connectivity index (χ0v) is 44.0. The first-order valence-corrected chi connectivity index (χ1v) is 25.9. The zero-order chi connectivity index (χ0) is 45.9. The van der Waals surface area contributed by atoms with Gasteiger partial charge in [-0.2, -0.15) is 12.4 Å². The first kappa shape index (κ1) is 50.8. The fraction of sp³-hybridized carbons (Fsp3) is 0.375. The van der Waals surface area contributed by atoms with Gasteiger partial charge >= 0.3 is 138 Å². The summed E-state index contributed by atoms with van der Waals surface area (Å²) in [4.78, 5) is 3.72. The van der Waals surface area contributed by atoms with Crippen LogP contribution in [0.25, 0.3) is 22.3 Å². The molecule has 0 saturated heterocycles. The number of benzene rings is 5. The van der Waals surface area contributed by atoms with Crippen LogP contribution in [0.15, 0.2) is 119 Å². The molecule has 0 atom stereocenters. The number of rotatable bonds is 11. The molecule has 0 radical (unpaired) electrons. The van der Waals surface area contributed by atoms with Gasteiger partial charge in [-0.3, -0.25) is 0 Å². The summed E-state index contributed by atoms with van der Waals surface area (Å²) < 4.78 is 7.00. The third kappa shape index (κ3) is 13.1. The molecule has 1 N–H and O–H groups in total. The molecule has 5 aromatic carbocycles. The maximum atomic E-state index is 12.1. The molecule has 3 nitrogen and oxygen atoms in total. The summed E-state index contributed by atoms with van der Waals surface area (Å²) >= 11 is 11.3. The normalized spacial score (nSPS) is 11.5. The van der Waals surface area contributed by atoms with Crippen LogP contribution in [0.4, 0.5) is 5.69 Å². The number of hydrogen-bond donors (Lipinski definition) is 1. The number of para-hydroxylation sites is 1. The van der Waals surface area contributed by atoms with Crippen LogP contribution in [-0.2, 0) is 23.3 Å². The van der Waals surface area contributed by atoms with Crippen LogP contribution in [0.5, 0.6) is 5.75 Å². The van der Waals surface area contributed by atoms with Gasteiger partial charge in [0.2, 0.25) is 0 Å². The van der Waals surface area contributed by atoms with Crippen molar-refractivity contribution in [2.24, 2.45) is 3.50 Å². The minimum atomic E-state index is -1.01. The van der Waals surface area contributed by atoms with Gasteiger partial charge in [-0.05, 0) is 80.0 Å². The fourth-order valence-corrected chi connectivity index (χ4v) is 11.0. The van der Waals surface area contributed by atoms with E-state index in [4.69, 9.17) is 23.2 Å². The second kappa shape index (κ2) is 23.2. The number of hydrogen-bond acceptors (Lipinski definition) is 2. The van der Waals surface area contributed by atoms with Gasteiger partial charge in [0, 0.05) is 11.1 Å². The Kier molecular flexibility index (Phi) is 19.0. The van der Waals surface area contributed by atoms with Crippen molar-refractivity contribution in [3.8, 4) is 28.0 Å². The van der Waals surface area contributed by atoms with Gasteiger partial charge in [-0.1, -0.05) is 138 Å². The summed E-state index contributed by atoms with van der Waals surface area (Å²) in [6.07, 6.45) is 3.50. The van der Waals surface area contributed by atoms with E-state index >= 15 is 0 Å². The minimum absolute atomic E-state index is 0.0309. The summed E-state index contributed by atoms with van der Waals surface area (Å²) in [5.41, 5.74) is 14.5. The third-order valence-corrected chi connectivity index (χ3v) is 15.4. The van der Waals surface area contributed by atoms with Crippen molar-refractivity contribution < 1.29 is 23.0 Å². The van der Waals surface area contributed by atoms with Gasteiger partial charge in [-0.15, -0.1) is 0 Å². The van der Waals surface area contributed by atoms with Crippen molar-refractivity contribution in [3.05, 3.63) is 165 Å². The molecule has 0 aliphatic heterocycles. The van der Waals surface area contributed by atoms with Crippen molar-refractivity contribution in [1.82, 2.24) is 4.98 Å². The Morgan fingerprint density at radius 1 is 0.532 bits per heavy atom. The van der Waals surface area contributed by atoms with Crippen LogP contribution in [0.3, 0.4) is 0 Å². The quantitative estimate of drug-likeness (QED) is 0.141. The Balaban J connectivity index is 0.000000279. The van der Waals surface area contributed by atoms with Crippen molar-refractivity contribution in [2.75, 3.05) is 0 Å². The topological polar surface area (TPSA) is 46.7 Å². The molecular weight excluding hydrogens is 971 g/mol. The number of nitrogens with zero attached hydrogens (tertiary/aromatic N) is 2. The molecule has 62 heavy (non-hydrogen) atoms. The van der Waals surface area contributed by atoms with E-state index in [0.29, 0.717) is 51.3 Å². The second-order valence-corrected chi connectivity index (χ2v) is 21.7. The molecule has 6 aromatic rings. The predicted molar refractivity (Wildman–Crippen MR) is 267 cm³/mol. The van der Waals surface area contributed by atoms with Crippen LogP contribution < -0.4 is 4.98 Å². The van der Waals surface area contributed by atoms with E-state index in [1.807, 2.05) is 36.4 Å². The smallest absolute Gasteiger partial charge is 0.131 e. The molecule has 0 aliphatic rings. The standard InChI is InChI=1S/C36H50O.C10H12.C6H3Cl2N.C4H4N.W/c1-20(2)26-16-30(22(5)6)34(31(17-26)23(7)8)28-14-13-15-29(36(28)37)35-32(24(9)10)18-27(21(3)4)19-33(35)25(11)12;1-10(2,3)9-7-5-4-6-8-9;7-4-2-1-3-5(8)6(4)9;1-2-4-5-3-1;/h13-25,37H,1-12H3;1,4-8H,2-3H3;1-3H;1-4H;/q;;;-1;. The minimum Gasteiger partial charge on any atom is -0.670 e. The van der Waals surface area contributed by atoms with Crippen molar-refractivity contribution >= 4 is 33.3 Å². The molecule has 6 rings (SSSR count). The molecule has 0 unspecified atom stereocenters. The summed E-state index contributed by atoms with van der Waals surface area (Å²) in [6, 6.07) is 35.6. The molecule has 0 bridgehead atoms. The largest absolute Gasteiger partial charge is 0.670 e. The van der Waals surface area contributed by atoms with Crippen molar-refractivity contribution in [1.29, 1.82) is 0 Å². The number of aromatic nitrogens is 1. The molecule has 1 heterocycles. The maximum absolute atomic E-state index is 12.1. The van der Waals surface area contributed by atoms with Gasteiger partial charge in [0.25, 0.3) is 0 Å². The van der Waals surface area contributed by atoms with E-state index < -0.39 is 17.9 Å². The van der Waals surface area contributed by atoms with Crippen LogP contribution in [0.1, 0.15) is 171 Å². The Morgan fingerprint density at radius 2 is 0.919 bits per heavy atom. The molecule has 0 saturated carbocycles. The summed E-state index contributed by atoms with van der Waals surface area (Å²) in [5, 5.41) is 13.3. The van der Waals surface area contributed by atoms with Gasteiger partial charge in [0.05, 0.1) is 0 Å². The predicted octanol–water partition coefficient (Wildman–Crippen LogP) is 17.8. The maximum Gasteiger partial charge on any atom is 0.131 e. The average molecular weight is 1040 g/mol. The average Bonchev–Trinajstić information content (AvgIpc) is 3.82. The Bertz CT molecular complexity index is 2230. The van der Waals surface area contributed by atoms with Crippen molar-refractivity contribution in [3.63, 3.8) is 0 Å². The SMILES string of the molecule is CC(C)([CH]=[W]=[N]c1c(Cl)cccc1Cl)c1ccccc1.CC(C)c1cc(C(C)C)c(-c2cccc(-c3c(C(C)C)cc(C(C)C)cc3C(C)C)c2O)c(C(C)C)c1.c1cc[n-]c1. The van der Waals surface area contributed by atoms with E-state index in [-0.39, 0.29) is 5.41 Å². The fourth-order valence-electron chi connectivity index (χ4n) is 7.45. The summed E-state index contributed by atoms with van der Waals surface area (Å²) in [5.74, 6) is 2.77. The van der Waals surface area contributed by atoms with Gasteiger partial charge in [0.15, 0.2) is 0 Å². The first-order chi connectivity index (χ1) is 29.3. The number of phenols is 1. The Hall–Kier alpha value is -3.88. The molecular formula is C56H69Cl2N2OW-. The number of phenolic OH excluding ortho intramolecular Hbond substituents is 1. The van der Waals surface area contributed by atoms with E-state index in [0.717, 1.165) is 16.8 Å². The molecule has 330 valence electrons. The van der Waals surface area contributed by atoms with Crippen LogP contribution >= 0.6 is 23.2 Å². The van der Waals surface area contributed by atoms with Gasteiger partial charge < -0.3 is 10.1 Å². The summed E-state index contributed by atoms with van der Waals surface area (Å²) in [6.45, 7) is 31.7. The van der Waals surface area contributed by atoms with Gasteiger partial charge in [-0.25, -0.2) is 0 Å². The molecule has 0 spiro atoms. The molecule has 1 aromatic heterocycles. The second-order valence-electron chi connectivity index (χ2n) is 18.6. The van der Waals surface area contributed by atoms with Crippen LogP contribution in [-0.4, -0.2) is 9.51 Å². The Morgan fingerprint density at radius 3 is 1.26 bits per heavy atom. The molecule has 0 amide bonds. The summed E-state index contributed by atoms with van der Waals surface area (Å²) in [7, 11) is 0. The monoisotopic (exact) mass is 1040 g/mol. The van der Waals surface area contributed by atoms with E-state index in [2.05, 4.69) is 177 Å². The van der Waals surface area contributed by atoms with Crippen LogP contribution in [0.2, 0.25) is 10.0 Å². The zero-order valence-electron chi connectivity index (χ0n) is 39.5. The first-order valence-electron chi connectivity index (χ1n) is 22.2. The van der Waals surface area contributed by atoms with E-state index in [1.54, 1.807) is 12.4 Å². The van der Waals surface area contributed by atoms with Crippen LogP contribution in [0, 0.1) is 0 Å². The van der Waals surface area contributed by atoms with E-state index in [9.17, 15) is 5.11 Å². The Labute approximate surface area is 392 Å². The third-order valence-electron chi connectivity index (χ3n) is 11.2. The van der Waals surface area contributed by atoms with E-state index in [1.165, 1.54) is 50.1 Å². The molecule has 0 aliphatic carbocycles. The van der Waals surface area contributed by atoms with Gasteiger partial charge in [0.1, 0.15) is 5.75 Å². The molecule has 0 fully saturated rings. The molecule has 6 heteroatoms. The van der Waals surface area contributed by atoms with Crippen molar-refractivity contribution in [2.45, 2.75) is 138 Å². The number of halogens is 2. The number of aromatic hydroxyl groups is 1.